The van der Waals surface area contributed by atoms with Crippen LogP contribution in [0.25, 0.3) is 0 Å². The summed E-state index contributed by atoms with van der Waals surface area (Å²) >= 11 is 0. The predicted octanol–water partition coefficient (Wildman–Crippen LogP) is -0.864. The molecule has 3 amide bonds. The lowest BCUT2D eigenvalue weighted by Gasteiger charge is -2.51. The van der Waals surface area contributed by atoms with Crippen molar-refractivity contribution < 1.29 is 163 Å². The number of ether oxygens (including phenoxy) is 12. The van der Waals surface area contributed by atoms with Gasteiger partial charge < -0.3 is 165 Å². The third kappa shape index (κ3) is 31.6. The number of amides is 3. The summed E-state index contributed by atoms with van der Waals surface area (Å²) in [6.07, 6.45) is -15.5. The Hall–Kier alpha value is -3.05. The Bertz CT molecular complexity index is 2670. The maximum Gasteiger partial charge on any atom is 0.220 e. The van der Waals surface area contributed by atoms with E-state index in [1.807, 2.05) is 6.08 Å². The van der Waals surface area contributed by atoms with Gasteiger partial charge in [-0.05, 0) is 19.3 Å². The number of rotatable bonds is 56. The van der Waals surface area contributed by atoms with E-state index < -0.39 is 254 Å². The van der Waals surface area contributed by atoms with Crippen LogP contribution in [0.1, 0.15) is 233 Å². The van der Waals surface area contributed by atoms with Crippen molar-refractivity contribution in [3.63, 3.8) is 0 Å². The second-order valence-electron chi connectivity index (χ2n) is 32.1. The molecule has 116 heavy (non-hydrogen) atoms. The van der Waals surface area contributed by atoms with Crippen molar-refractivity contribution in [1.29, 1.82) is 0 Å². The molecule has 0 aromatic rings. The van der Waals surface area contributed by atoms with Crippen molar-refractivity contribution in [2.75, 3.05) is 46.2 Å². The lowest BCUT2D eigenvalue weighted by Crippen LogP contribution is -2.71. The molecular weight excluding hydrogens is 1530 g/mol. The summed E-state index contributed by atoms with van der Waals surface area (Å²) in [7, 11) is 0. The number of hydrogen-bond acceptors (Lipinski definition) is 33. The Morgan fingerprint density at radius 2 is 0.655 bits per heavy atom. The quantitative estimate of drug-likeness (QED) is 0.0260. The molecular formula is C80H145N3O33. The first kappa shape index (κ1) is 102. The van der Waals surface area contributed by atoms with Crippen LogP contribution in [-0.4, -0.2) is 352 Å². The van der Waals surface area contributed by atoms with Gasteiger partial charge in [-0.2, -0.15) is 0 Å². The Kier molecular flexibility index (Phi) is 48.5. The van der Waals surface area contributed by atoms with E-state index in [-0.39, 0.29) is 12.3 Å². The number of carbonyl (C=O) groups excluding carboxylic acids is 3. The van der Waals surface area contributed by atoms with Crippen LogP contribution in [0.5, 0.6) is 0 Å². The molecule has 6 aliphatic rings. The summed E-state index contributed by atoms with van der Waals surface area (Å²) in [6, 6.07) is -4.71. The van der Waals surface area contributed by atoms with Gasteiger partial charge in [-0.25, -0.2) is 0 Å². The molecule has 678 valence electrons. The zero-order valence-corrected chi connectivity index (χ0v) is 68.4. The zero-order chi connectivity index (χ0) is 84.8. The van der Waals surface area contributed by atoms with Crippen LogP contribution in [0.15, 0.2) is 12.2 Å². The van der Waals surface area contributed by atoms with Crippen LogP contribution in [0, 0.1) is 0 Å². The first-order valence-corrected chi connectivity index (χ1v) is 43.0. The highest BCUT2D eigenvalue weighted by molar-refractivity contribution is 5.76. The van der Waals surface area contributed by atoms with Crippen LogP contribution < -0.4 is 16.0 Å². The summed E-state index contributed by atoms with van der Waals surface area (Å²) in [6.45, 7) is 0.0383. The summed E-state index contributed by atoms with van der Waals surface area (Å²) in [5, 5.41) is 208. The van der Waals surface area contributed by atoms with Crippen molar-refractivity contribution in [2.24, 2.45) is 0 Å². The average molecular weight is 1680 g/mol. The van der Waals surface area contributed by atoms with Crippen molar-refractivity contribution in [3.8, 4) is 0 Å². The van der Waals surface area contributed by atoms with E-state index in [0.29, 0.717) is 12.8 Å². The lowest BCUT2D eigenvalue weighted by atomic mass is 9.93. The minimum atomic E-state index is -2.28. The molecule has 6 heterocycles. The maximum atomic E-state index is 13.6. The molecule has 0 aromatic carbocycles. The van der Waals surface area contributed by atoms with E-state index in [1.165, 1.54) is 135 Å². The largest absolute Gasteiger partial charge is 0.394 e. The smallest absolute Gasteiger partial charge is 0.220 e. The average Bonchev–Trinajstić information content (AvgIpc) is 0.762. The molecule has 6 aliphatic heterocycles. The SMILES string of the molecule is CCCCCCCCCCCCC/C=C/[C@@H](O)[C@H](CO[C@@H]1OC(CO)[C@@H](O[C@@H]2OC(CO)[C@H](O)[C@H](O[C@@H]3OC(CO)[C@@H](O)[C@H](O[C@@H]4OC(CO)[C@H](O)[C@H](O[C@@H]5OC(CO)[C@@H](O[C@@H]6OC(CO)[C@H](O)[C@H](O)C6O)[C@H](O)C5NC(C)=O)C4O)C3NC(C)=O)C2O)[C@H](O)C1O)NC(=O)CCCCCCCCCCCCCCCCCCCCC. The van der Waals surface area contributed by atoms with E-state index in [1.54, 1.807) is 6.08 Å². The molecule has 0 spiro atoms. The van der Waals surface area contributed by atoms with Crippen LogP contribution in [0.3, 0.4) is 0 Å². The minimum Gasteiger partial charge on any atom is -0.394 e. The minimum absolute atomic E-state index is 0.172. The van der Waals surface area contributed by atoms with Crippen molar-refractivity contribution in [2.45, 2.75) is 429 Å². The van der Waals surface area contributed by atoms with Gasteiger partial charge >= 0.3 is 0 Å². The van der Waals surface area contributed by atoms with Crippen LogP contribution >= 0.6 is 0 Å². The normalized spacial score (nSPS) is 36.3. The fraction of sp³-hybridized carbons (Fsp3) is 0.938. The van der Waals surface area contributed by atoms with Gasteiger partial charge in [0.2, 0.25) is 17.7 Å². The Balaban J connectivity index is 1.09. The molecule has 0 aromatic heterocycles. The van der Waals surface area contributed by atoms with Crippen molar-refractivity contribution >= 4 is 17.7 Å². The standard InChI is InChI=1S/C80H145N3O33/c1-5-7-9-11-13-15-17-19-20-21-22-23-24-26-28-30-32-34-36-38-56(93)83-48(49(92)37-35-33-31-29-27-25-18-16-14-12-10-8-6-2)45-105-77-67(102)65(100)71(55(44-89)111-77)113-79-68(103)74(62(97)52(41-86)108-79)116-76-58(82-47(4)91)72(60(95)51(40-85)106-76)114-80-69(104)73(61(96)53(42-87)109-80)115-75-57(81-46(3)90)63(98)70(54(43-88)110-75)112-78-66(101)64(99)59(94)50(39-84)107-78/h35,37,48-55,57-80,84-89,92,94-104H,5-34,36,38-45H2,1-4H3,(H,81,90)(H,82,91)(H,83,93)/b37-35+/t48-,49+,50?,51?,52?,53?,54?,55?,57?,58?,59-,60+,61-,62-,63+,64-,65+,66?,67?,68?,69?,70+,71+,72+,73-,74-,75-,76-,77+,78-,79-,80-/m0/s1. The summed E-state index contributed by atoms with van der Waals surface area (Å²) in [5.41, 5.74) is 0. The number of carbonyl (C=O) groups is 3. The highest BCUT2D eigenvalue weighted by Gasteiger charge is 2.59. The monoisotopic (exact) mass is 1680 g/mol. The summed E-state index contributed by atoms with van der Waals surface area (Å²) in [4.78, 5) is 39.4. The number of hydrogen-bond donors (Lipinski definition) is 21. The highest BCUT2D eigenvalue weighted by Crippen LogP contribution is 2.38. The third-order valence-electron chi connectivity index (χ3n) is 22.7. The topological polar surface area (TPSA) is 562 Å². The predicted molar refractivity (Wildman–Crippen MR) is 412 cm³/mol. The molecule has 0 aliphatic carbocycles. The van der Waals surface area contributed by atoms with Crippen molar-refractivity contribution in [3.05, 3.63) is 12.2 Å². The van der Waals surface area contributed by atoms with Gasteiger partial charge in [0.05, 0.1) is 58.4 Å². The van der Waals surface area contributed by atoms with Gasteiger partial charge in [-0.15, -0.1) is 0 Å². The van der Waals surface area contributed by atoms with E-state index in [0.717, 1.165) is 65.2 Å². The van der Waals surface area contributed by atoms with Crippen LogP contribution in [0.4, 0.5) is 0 Å². The van der Waals surface area contributed by atoms with Crippen LogP contribution in [-0.2, 0) is 71.2 Å². The number of unbranched alkanes of at least 4 members (excludes halogenated alkanes) is 29. The summed E-state index contributed by atoms with van der Waals surface area (Å²) in [5.74, 6) is -2.08. The van der Waals surface area contributed by atoms with E-state index in [9.17, 15) is 106 Å². The first-order valence-electron chi connectivity index (χ1n) is 43.0. The summed E-state index contributed by atoms with van der Waals surface area (Å²) < 4.78 is 71.1. The number of allylic oxidation sites excluding steroid dienone is 1. The molecule has 36 nitrogen and oxygen atoms in total. The zero-order valence-electron chi connectivity index (χ0n) is 68.4. The van der Waals surface area contributed by atoms with E-state index >= 15 is 0 Å². The van der Waals surface area contributed by atoms with Gasteiger partial charge in [0.25, 0.3) is 0 Å². The van der Waals surface area contributed by atoms with Gasteiger partial charge in [0.1, 0.15) is 146 Å². The van der Waals surface area contributed by atoms with Gasteiger partial charge in [0.15, 0.2) is 37.7 Å². The second-order valence-corrected chi connectivity index (χ2v) is 32.1. The molecule has 6 fully saturated rings. The molecule has 0 saturated carbocycles. The van der Waals surface area contributed by atoms with Gasteiger partial charge in [-0.1, -0.05) is 206 Å². The van der Waals surface area contributed by atoms with E-state index in [4.69, 9.17) is 56.8 Å². The van der Waals surface area contributed by atoms with E-state index in [2.05, 4.69) is 29.8 Å². The first-order chi connectivity index (χ1) is 55.8. The molecule has 32 atom stereocenters. The Morgan fingerprint density at radius 1 is 0.336 bits per heavy atom. The van der Waals surface area contributed by atoms with Crippen LogP contribution in [0.2, 0.25) is 0 Å². The fourth-order valence-corrected chi connectivity index (χ4v) is 15.8. The molecule has 0 radical (unpaired) electrons. The highest BCUT2D eigenvalue weighted by atomic mass is 16.8. The van der Waals surface area contributed by atoms with Gasteiger partial charge in [0, 0.05) is 20.3 Å². The number of aliphatic hydroxyl groups is 18. The molecule has 12 unspecified atom stereocenters. The fourth-order valence-electron chi connectivity index (χ4n) is 15.8. The molecule has 21 N–H and O–H groups in total. The number of aliphatic hydroxyl groups excluding tert-OH is 18. The number of nitrogens with one attached hydrogen (secondary N) is 3. The van der Waals surface area contributed by atoms with Crippen molar-refractivity contribution in [1.82, 2.24) is 16.0 Å². The second kappa shape index (κ2) is 55.2. The molecule has 6 rings (SSSR count). The Labute approximate surface area is 682 Å². The molecule has 36 heteroatoms. The Morgan fingerprint density at radius 3 is 1.08 bits per heavy atom. The third-order valence-corrected chi connectivity index (χ3v) is 22.7. The molecule has 6 saturated heterocycles. The maximum absolute atomic E-state index is 13.6. The molecule has 0 bridgehead atoms. The lowest BCUT2D eigenvalue weighted by molar-refractivity contribution is -0.386. The van der Waals surface area contributed by atoms with Gasteiger partial charge in [-0.3, -0.25) is 14.4 Å².